The molecule has 0 aliphatic carbocycles. The average Bonchev–Trinajstić information content (AvgIpc) is 2.88. The zero-order chi connectivity index (χ0) is 13.7. The quantitative estimate of drug-likeness (QED) is 0.823. The molecule has 2 N–H and O–H groups in total. The largest absolute Gasteiger partial charge is 0.481 e. The first-order valence-corrected chi connectivity index (χ1v) is 5.70. The first kappa shape index (κ1) is 13.1. The number of aromatic nitrogens is 1. The van der Waals surface area contributed by atoms with Crippen LogP contribution in [0.25, 0.3) is 0 Å². The molecule has 0 aliphatic rings. The summed E-state index contributed by atoms with van der Waals surface area (Å²) >= 11 is 0. The van der Waals surface area contributed by atoms with Gasteiger partial charge in [0.1, 0.15) is 5.76 Å². The number of aromatic carboxylic acids is 1. The van der Waals surface area contributed by atoms with E-state index in [2.05, 4.69) is 10.3 Å². The summed E-state index contributed by atoms with van der Waals surface area (Å²) in [5.74, 6) is 0.0244. The van der Waals surface area contributed by atoms with Crippen LogP contribution < -0.4 is 10.1 Å². The minimum absolute atomic E-state index is 0.0534. The van der Waals surface area contributed by atoms with Crippen molar-refractivity contribution in [2.75, 3.05) is 7.11 Å². The Balaban J connectivity index is 1.86. The van der Waals surface area contributed by atoms with Crippen molar-refractivity contribution in [3.8, 4) is 5.88 Å². The summed E-state index contributed by atoms with van der Waals surface area (Å²) in [6.45, 7) is 1.07. The van der Waals surface area contributed by atoms with E-state index in [0.29, 0.717) is 24.7 Å². The molecule has 0 amide bonds. The number of ether oxygens (including phenoxy) is 1. The summed E-state index contributed by atoms with van der Waals surface area (Å²) < 4.78 is 10.2. The van der Waals surface area contributed by atoms with Gasteiger partial charge in [0.05, 0.1) is 13.7 Å². The van der Waals surface area contributed by atoms with Crippen LogP contribution in [0, 0.1) is 0 Å². The van der Waals surface area contributed by atoms with Gasteiger partial charge in [-0.25, -0.2) is 9.78 Å². The van der Waals surface area contributed by atoms with Crippen LogP contribution in [-0.2, 0) is 13.1 Å². The fourth-order valence-corrected chi connectivity index (χ4v) is 1.59. The lowest BCUT2D eigenvalue weighted by Gasteiger charge is -2.04. The van der Waals surface area contributed by atoms with Crippen LogP contribution in [0.3, 0.4) is 0 Å². The van der Waals surface area contributed by atoms with E-state index in [1.54, 1.807) is 19.4 Å². The fourth-order valence-electron chi connectivity index (χ4n) is 1.59. The summed E-state index contributed by atoms with van der Waals surface area (Å²) in [6, 6.07) is 6.79. The molecule has 2 rings (SSSR count). The Morgan fingerprint density at radius 3 is 2.95 bits per heavy atom. The van der Waals surface area contributed by atoms with E-state index in [1.807, 2.05) is 12.1 Å². The molecular weight excluding hydrogens is 248 g/mol. The number of nitrogens with zero attached hydrogens (tertiary/aromatic N) is 1. The number of hydrogen-bond donors (Lipinski definition) is 2. The third kappa shape index (κ3) is 3.56. The Morgan fingerprint density at radius 1 is 1.42 bits per heavy atom. The first-order valence-electron chi connectivity index (χ1n) is 5.70. The summed E-state index contributed by atoms with van der Waals surface area (Å²) in [7, 11) is 1.57. The second-order valence-corrected chi connectivity index (χ2v) is 3.88. The molecule has 19 heavy (non-hydrogen) atoms. The van der Waals surface area contributed by atoms with E-state index >= 15 is 0 Å². The summed E-state index contributed by atoms with van der Waals surface area (Å²) in [6.07, 6.45) is 1.67. The standard InChI is InChI=1S/C13H14N2O4/c1-18-12-6-9(4-5-15-12)7-14-8-10-2-3-11(19-10)13(16)17/h2-6,14H,7-8H2,1H3,(H,16,17). The van der Waals surface area contributed by atoms with Crippen molar-refractivity contribution in [3.05, 3.63) is 47.5 Å². The Kier molecular flexibility index (Phi) is 4.15. The second kappa shape index (κ2) is 6.01. The molecule has 6 heteroatoms. The van der Waals surface area contributed by atoms with E-state index in [-0.39, 0.29) is 5.76 Å². The lowest BCUT2D eigenvalue weighted by atomic mass is 10.2. The van der Waals surface area contributed by atoms with E-state index in [0.717, 1.165) is 5.56 Å². The van der Waals surface area contributed by atoms with E-state index in [9.17, 15) is 4.79 Å². The molecule has 100 valence electrons. The highest BCUT2D eigenvalue weighted by Gasteiger charge is 2.08. The van der Waals surface area contributed by atoms with Crippen LogP contribution >= 0.6 is 0 Å². The van der Waals surface area contributed by atoms with Gasteiger partial charge < -0.3 is 19.6 Å². The van der Waals surface area contributed by atoms with Gasteiger partial charge in [0.25, 0.3) is 0 Å². The summed E-state index contributed by atoms with van der Waals surface area (Å²) in [4.78, 5) is 14.7. The molecule has 0 atom stereocenters. The minimum Gasteiger partial charge on any atom is -0.481 e. The molecule has 0 aromatic carbocycles. The van der Waals surface area contributed by atoms with Crippen LogP contribution in [0.5, 0.6) is 5.88 Å². The maximum absolute atomic E-state index is 10.6. The van der Waals surface area contributed by atoms with Crippen LogP contribution in [-0.4, -0.2) is 23.2 Å². The van der Waals surface area contributed by atoms with Crippen LogP contribution in [0.2, 0.25) is 0 Å². The minimum atomic E-state index is -1.06. The van der Waals surface area contributed by atoms with Gasteiger partial charge in [-0.3, -0.25) is 0 Å². The topological polar surface area (TPSA) is 84.6 Å². The van der Waals surface area contributed by atoms with Gasteiger partial charge in [-0.15, -0.1) is 0 Å². The third-order valence-corrected chi connectivity index (χ3v) is 2.51. The van der Waals surface area contributed by atoms with Gasteiger partial charge >= 0.3 is 5.97 Å². The molecule has 2 aromatic rings. The molecule has 0 saturated heterocycles. The lowest BCUT2D eigenvalue weighted by molar-refractivity contribution is 0.0660. The zero-order valence-electron chi connectivity index (χ0n) is 10.4. The smallest absolute Gasteiger partial charge is 0.371 e. The molecule has 0 saturated carbocycles. The lowest BCUT2D eigenvalue weighted by Crippen LogP contribution is -2.12. The number of nitrogens with one attached hydrogen (secondary N) is 1. The highest BCUT2D eigenvalue weighted by atomic mass is 16.5. The first-order chi connectivity index (χ1) is 9.19. The number of carboxylic acids is 1. The number of carboxylic acid groups (broad SMARTS) is 1. The van der Waals surface area contributed by atoms with Gasteiger partial charge in [-0.2, -0.15) is 0 Å². The molecule has 0 spiro atoms. The van der Waals surface area contributed by atoms with Crippen molar-refractivity contribution in [3.63, 3.8) is 0 Å². The summed E-state index contributed by atoms with van der Waals surface area (Å²) in [5, 5.41) is 11.9. The zero-order valence-corrected chi connectivity index (χ0v) is 10.4. The molecular formula is C13H14N2O4. The van der Waals surface area contributed by atoms with Crippen molar-refractivity contribution >= 4 is 5.97 Å². The number of methoxy groups -OCH3 is 1. The van der Waals surface area contributed by atoms with Crippen LogP contribution in [0.1, 0.15) is 21.9 Å². The van der Waals surface area contributed by atoms with Gasteiger partial charge in [-0.05, 0) is 23.8 Å². The number of hydrogen-bond acceptors (Lipinski definition) is 5. The molecule has 0 aliphatic heterocycles. The SMILES string of the molecule is COc1cc(CNCc2ccc(C(=O)O)o2)ccn1. The van der Waals surface area contributed by atoms with E-state index in [1.165, 1.54) is 6.07 Å². The average molecular weight is 262 g/mol. The fraction of sp³-hybridized carbons (Fsp3) is 0.231. The van der Waals surface area contributed by atoms with Crippen molar-refractivity contribution in [2.24, 2.45) is 0 Å². The number of rotatable bonds is 6. The van der Waals surface area contributed by atoms with Crippen molar-refractivity contribution in [1.82, 2.24) is 10.3 Å². The Bertz CT molecular complexity index is 565. The predicted molar refractivity (Wildman–Crippen MR) is 67.0 cm³/mol. The van der Waals surface area contributed by atoms with Crippen molar-refractivity contribution in [1.29, 1.82) is 0 Å². The van der Waals surface area contributed by atoms with Crippen LogP contribution in [0.15, 0.2) is 34.9 Å². The Morgan fingerprint density at radius 2 is 2.26 bits per heavy atom. The van der Waals surface area contributed by atoms with Gasteiger partial charge in [-0.1, -0.05) is 0 Å². The number of carbonyl (C=O) groups is 1. The van der Waals surface area contributed by atoms with E-state index in [4.69, 9.17) is 14.3 Å². The van der Waals surface area contributed by atoms with Crippen molar-refractivity contribution < 1.29 is 19.1 Å². The van der Waals surface area contributed by atoms with E-state index < -0.39 is 5.97 Å². The molecule has 2 aromatic heterocycles. The maximum Gasteiger partial charge on any atom is 0.371 e. The van der Waals surface area contributed by atoms with Crippen molar-refractivity contribution in [2.45, 2.75) is 13.1 Å². The van der Waals surface area contributed by atoms with Gasteiger partial charge in [0, 0.05) is 18.8 Å². The normalized spacial score (nSPS) is 10.4. The monoisotopic (exact) mass is 262 g/mol. The molecule has 0 radical (unpaired) electrons. The van der Waals surface area contributed by atoms with Crippen LogP contribution in [0.4, 0.5) is 0 Å². The van der Waals surface area contributed by atoms with Gasteiger partial charge in [0.2, 0.25) is 11.6 Å². The highest BCUT2D eigenvalue weighted by molar-refractivity contribution is 5.84. The summed E-state index contributed by atoms with van der Waals surface area (Å²) in [5.41, 5.74) is 1.02. The van der Waals surface area contributed by atoms with Gasteiger partial charge in [0.15, 0.2) is 0 Å². The molecule has 0 unspecified atom stereocenters. The Labute approximate surface area is 110 Å². The molecule has 6 nitrogen and oxygen atoms in total. The molecule has 2 heterocycles. The number of pyridine rings is 1. The Hall–Kier alpha value is -2.34. The number of furan rings is 1. The third-order valence-electron chi connectivity index (χ3n) is 2.51. The second-order valence-electron chi connectivity index (χ2n) is 3.88. The maximum atomic E-state index is 10.6. The molecule has 0 fully saturated rings. The highest BCUT2D eigenvalue weighted by Crippen LogP contribution is 2.10. The predicted octanol–water partition coefficient (Wildman–Crippen LogP) is 1.67. The molecule has 0 bridgehead atoms.